The standard InChI is InChI=1S/C9H8F3NO2/c10-9(11,12)4-3-7(15)13-5-1-2-6(14)8(4)5/h3,6,14H,1-2H2,(H,13,15). The second-order valence-corrected chi connectivity index (χ2v) is 3.49. The predicted molar refractivity (Wildman–Crippen MR) is 45.3 cm³/mol. The smallest absolute Gasteiger partial charge is 0.388 e. The number of hydrogen-bond donors (Lipinski definition) is 2. The van der Waals surface area contributed by atoms with Crippen molar-refractivity contribution in [2.45, 2.75) is 25.1 Å². The third-order valence-corrected chi connectivity index (χ3v) is 2.47. The molecule has 2 rings (SSSR count). The Labute approximate surface area is 82.6 Å². The molecule has 6 heteroatoms. The van der Waals surface area contributed by atoms with Crippen LogP contribution in [0.1, 0.15) is 29.3 Å². The molecule has 1 heterocycles. The van der Waals surface area contributed by atoms with E-state index in [9.17, 15) is 23.1 Å². The number of aliphatic hydroxyl groups excluding tert-OH is 1. The number of rotatable bonds is 0. The fourth-order valence-electron chi connectivity index (χ4n) is 1.86. The molecule has 1 unspecified atom stereocenters. The maximum atomic E-state index is 12.5. The van der Waals surface area contributed by atoms with Gasteiger partial charge in [0.15, 0.2) is 0 Å². The van der Waals surface area contributed by atoms with Crippen LogP contribution in [0.2, 0.25) is 0 Å². The first-order valence-corrected chi connectivity index (χ1v) is 4.41. The summed E-state index contributed by atoms with van der Waals surface area (Å²) in [6.45, 7) is 0. The van der Waals surface area contributed by atoms with Gasteiger partial charge in [0.25, 0.3) is 0 Å². The summed E-state index contributed by atoms with van der Waals surface area (Å²) < 4.78 is 37.6. The number of fused-ring (bicyclic) bond motifs is 1. The van der Waals surface area contributed by atoms with Crippen molar-refractivity contribution < 1.29 is 18.3 Å². The molecule has 3 nitrogen and oxygen atoms in total. The number of aliphatic hydroxyl groups is 1. The molecule has 0 spiro atoms. The number of halogens is 3. The van der Waals surface area contributed by atoms with E-state index in [1.165, 1.54) is 0 Å². The van der Waals surface area contributed by atoms with Gasteiger partial charge in [0.05, 0.1) is 11.7 Å². The average Bonchev–Trinajstić information content (AvgIpc) is 2.44. The van der Waals surface area contributed by atoms with E-state index in [1.54, 1.807) is 0 Å². The molecule has 82 valence electrons. The number of aromatic amines is 1. The van der Waals surface area contributed by atoms with Gasteiger partial charge in [0.1, 0.15) is 0 Å². The molecule has 1 aliphatic carbocycles. The molecule has 0 fully saturated rings. The Kier molecular flexibility index (Phi) is 2.11. The van der Waals surface area contributed by atoms with Crippen LogP contribution in [-0.4, -0.2) is 10.1 Å². The molecule has 0 saturated heterocycles. The molecular formula is C9H8F3NO2. The number of H-pyrrole nitrogens is 1. The van der Waals surface area contributed by atoms with E-state index in [1.807, 2.05) is 0 Å². The van der Waals surface area contributed by atoms with Crippen LogP contribution in [0.15, 0.2) is 10.9 Å². The number of pyridine rings is 1. The van der Waals surface area contributed by atoms with Crippen LogP contribution in [0.25, 0.3) is 0 Å². The van der Waals surface area contributed by atoms with E-state index < -0.39 is 23.4 Å². The molecule has 1 aliphatic rings. The van der Waals surface area contributed by atoms with Crippen LogP contribution in [0.3, 0.4) is 0 Å². The highest BCUT2D eigenvalue weighted by atomic mass is 19.4. The number of nitrogens with one attached hydrogen (secondary N) is 1. The molecule has 1 aromatic rings. The minimum absolute atomic E-state index is 0.179. The third-order valence-electron chi connectivity index (χ3n) is 2.47. The highest BCUT2D eigenvalue weighted by Gasteiger charge is 2.38. The van der Waals surface area contributed by atoms with Crippen LogP contribution < -0.4 is 5.56 Å². The third kappa shape index (κ3) is 1.65. The van der Waals surface area contributed by atoms with Crippen LogP contribution in [-0.2, 0) is 12.6 Å². The summed E-state index contributed by atoms with van der Waals surface area (Å²) in [6.07, 6.45) is -5.23. The van der Waals surface area contributed by atoms with Crippen LogP contribution in [0, 0.1) is 0 Å². The lowest BCUT2D eigenvalue weighted by molar-refractivity contribution is -0.139. The summed E-state index contributed by atoms with van der Waals surface area (Å²) in [5.41, 5.74) is -1.79. The van der Waals surface area contributed by atoms with E-state index in [-0.39, 0.29) is 24.1 Å². The normalized spacial score (nSPS) is 20.4. The van der Waals surface area contributed by atoms with Gasteiger partial charge in [-0.15, -0.1) is 0 Å². The molecule has 0 radical (unpaired) electrons. The zero-order chi connectivity index (χ0) is 11.2. The minimum Gasteiger partial charge on any atom is -0.388 e. The summed E-state index contributed by atoms with van der Waals surface area (Å²) in [5, 5.41) is 9.39. The summed E-state index contributed by atoms with van der Waals surface area (Å²) >= 11 is 0. The summed E-state index contributed by atoms with van der Waals surface area (Å²) in [7, 11) is 0. The van der Waals surface area contributed by atoms with Crippen LogP contribution >= 0.6 is 0 Å². The molecule has 1 atom stereocenters. The Bertz CT molecular complexity index is 450. The van der Waals surface area contributed by atoms with Crippen molar-refractivity contribution >= 4 is 0 Å². The number of hydrogen-bond acceptors (Lipinski definition) is 2. The second-order valence-electron chi connectivity index (χ2n) is 3.49. The van der Waals surface area contributed by atoms with Crippen LogP contribution in [0.4, 0.5) is 13.2 Å². The van der Waals surface area contributed by atoms with Crippen molar-refractivity contribution in [2.75, 3.05) is 0 Å². The number of aryl methyl sites for hydroxylation is 1. The molecule has 0 saturated carbocycles. The van der Waals surface area contributed by atoms with E-state index in [0.29, 0.717) is 6.07 Å². The van der Waals surface area contributed by atoms with Crippen LogP contribution in [0.5, 0.6) is 0 Å². The van der Waals surface area contributed by atoms with Crippen molar-refractivity contribution in [1.29, 1.82) is 0 Å². The van der Waals surface area contributed by atoms with Gasteiger partial charge in [0.2, 0.25) is 5.56 Å². The van der Waals surface area contributed by atoms with E-state index in [4.69, 9.17) is 0 Å². The maximum Gasteiger partial charge on any atom is 0.417 e. The highest BCUT2D eigenvalue weighted by molar-refractivity contribution is 5.37. The zero-order valence-electron chi connectivity index (χ0n) is 7.56. The van der Waals surface area contributed by atoms with Gasteiger partial charge in [-0.1, -0.05) is 0 Å². The molecule has 0 bridgehead atoms. The monoisotopic (exact) mass is 219 g/mol. The molecular weight excluding hydrogens is 211 g/mol. The molecule has 15 heavy (non-hydrogen) atoms. The lowest BCUT2D eigenvalue weighted by atomic mass is 10.1. The van der Waals surface area contributed by atoms with Gasteiger partial charge >= 0.3 is 6.18 Å². The van der Waals surface area contributed by atoms with Crippen molar-refractivity contribution in [3.8, 4) is 0 Å². The Hall–Kier alpha value is -1.30. The fraction of sp³-hybridized carbons (Fsp3) is 0.444. The number of aromatic nitrogens is 1. The zero-order valence-corrected chi connectivity index (χ0v) is 7.56. The van der Waals surface area contributed by atoms with Gasteiger partial charge in [-0.25, -0.2) is 0 Å². The fourth-order valence-corrected chi connectivity index (χ4v) is 1.86. The lowest BCUT2D eigenvalue weighted by Crippen LogP contribution is -2.18. The first-order chi connectivity index (χ1) is 6.89. The Morgan fingerprint density at radius 3 is 2.73 bits per heavy atom. The van der Waals surface area contributed by atoms with Gasteiger partial charge in [-0.3, -0.25) is 4.79 Å². The summed E-state index contributed by atoms with van der Waals surface area (Å²) in [6, 6.07) is 0.493. The van der Waals surface area contributed by atoms with Crippen molar-refractivity contribution in [3.05, 3.63) is 33.2 Å². The van der Waals surface area contributed by atoms with Gasteiger partial charge in [-0.2, -0.15) is 13.2 Å². The highest BCUT2D eigenvalue weighted by Crippen LogP contribution is 2.39. The predicted octanol–water partition coefficient (Wildman–Crippen LogP) is 1.37. The van der Waals surface area contributed by atoms with Gasteiger partial charge < -0.3 is 10.1 Å². The van der Waals surface area contributed by atoms with Crippen molar-refractivity contribution in [1.82, 2.24) is 4.98 Å². The first-order valence-electron chi connectivity index (χ1n) is 4.41. The Morgan fingerprint density at radius 2 is 2.13 bits per heavy atom. The minimum atomic E-state index is -4.59. The molecule has 0 aliphatic heterocycles. The SMILES string of the molecule is O=c1cc(C(F)(F)F)c2c([nH]1)CCC2O. The molecule has 1 aromatic heterocycles. The first kappa shape index (κ1) is 10.2. The largest absolute Gasteiger partial charge is 0.417 e. The van der Waals surface area contributed by atoms with E-state index in [0.717, 1.165) is 0 Å². The molecule has 0 aromatic carbocycles. The molecule has 0 amide bonds. The van der Waals surface area contributed by atoms with Gasteiger partial charge in [0, 0.05) is 17.3 Å². The summed E-state index contributed by atoms with van der Waals surface area (Å²) in [4.78, 5) is 13.3. The quantitative estimate of drug-likeness (QED) is 0.692. The van der Waals surface area contributed by atoms with E-state index in [2.05, 4.69) is 4.98 Å². The Balaban J connectivity index is 2.70. The number of alkyl halides is 3. The average molecular weight is 219 g/mol. The maximum absolute atomic E-state index is 12.5. The molecule has 2 N–H and O–H groups in total. The van der Waals surface area contributed by atoms with Crippen molar-refractivity contribution in [3.63, 3.8) is 0 Å². The van der Waals surface area contributed by atoms with Gasteiger partial charge in [-0.05, 0) is 12.8 Å². The van der Waals surface area contributed by atoms with E-state index >= 15 is 0 Å². The topological polar surface area (TPSA) is 53.1 Å². The summed E-state index contributed by atoms with van der Waals surface area (Å²) in [5.74, 6) is 0. The Morgan fingerprint density at radius 1 is 1.47 bits per heavy atom. The lowest BCUT2D eigenvalue weighted by Gasteiger charge is -2.13. The van der Waals surface area contributed by atoms with Crippen molar-refractivity contribution in [2.24, 2.45) is 0 Å². The second kappa shape index (κ2) is 3.10.